The van der Waals surface area contributed by atoms with Gasteiger partial charge in [-0.25, -0.2) is 14.0 Å². The largest absolute Gasteiger partial charge is 0.493 e. The average molecular weight is 723 g/mol. The minimum Gasteiger partial charge on any atom is -0.493 e. The number of halogens is 3. The SMILES string of the molecule is COc1ccc([C@H](Cc2c(Cl)cncc2Cl)OC(=O)c2cc(C)cc(CN(C(=O)O[C@H]3CN4CCC3CC4)c3ccccc3F)c2)cc1OC. The number of ether oxygens (including phenoxy) is 4. The number of hydrogen-bond donors (Lipinski definition) is 0. The van der Waals surface area contributed by atoms with E-state index in [-0.39, 0.29) is 36.2 Å². The first kappa shape index (κ1) is 35.4. The van der Waals surface area contributed by atoms with Crippen LogP contribution >= 0.6 is 23.2 Å². The summed E-state index contributed by atoms with van der Waals surface area (Å²) in [5.74, 6) is 0.0627. The first-order valence-corrected chi connectivity index (χ1v) is 17.2. The summed E-state index contributed by atoms with van der Waals surface area (Å²) < 4.78 is 38.3. The van der Waals surface area contributed by atoms with E-state index in [1.165, 1.54) is 37.6 Å². The van der Waals surface area contributed by atoms with Crippen LogP contribution in [0.25, 0.3) is 0 Å². The molecule has 2 atom stereocenters. The normalized spacial score (nSPS) is 18.6. The standard InChI is InChI=1S/C38H38Cl2FN3O6/c1-23-14-24(21-44(32-7-5-4-6-31(32)41)38(46)50-36-22-43-12-10-25(36)11-13-43)16-27(15-23)37(45)49-34(18-28-29(39)19-42-20-30(28)40)26-8-9-33(47-2)35(17-26)48-3/h4-9,14-17,19-20,25,34,36H,10-13,18,21-22H2,1-3H3/t34-,36-/m0/s1. The number of carbonyl (C=O) groups is 2. The van der Waals surface area contributed by atoms with Gasteiger partial charge in [0.25, 0.3) is 0 Å². The summed E-state index contributed by atoms with van der Waals surface area (Å²) in [7, 11) is 3.05. The van der Waals surface area contributed by atoms with Gasteiger partial charge in [0.05, 0.1) is 42.1 Å². The summed E-state index contributed by atoms with van der Waals surface area (Å²) in [6, 6.07) is 16.5. The van der Waals surface area contributed by atoms with Gasteiger partial charge in [-0.1, -0.05) is 47.5 Å². The number of carbonyl (C=O) groups excluding carboxylic acids is 2. The summed E-state index contributed by atoms with van der Waals surface area (Å²) in [6.45, 7) is 4.45. The molecule has 4 aromatic rings. The molecule has 3 aliphatic heterocycles. The van der Waals surface area contributed by atoms with E-state index < -0.39 is 24.0 Å². The number of rotatable bonds is 11. The number of amides is 1. The third-order valence-corrected chi connectivity index (χ3v) is 9.95. The molecule has 0 unspecified atom stereocenters. The van der Waals surface area contributed by atoms with E-state index in [2.05, 4.69) is 9.88 Å². The molecule has 0 aliphatic carbocycles. The summed E-state index contributed by atoms with van der Waals surface area (Å²) >= 11 is 12.9. The third kappa shape index (κ3) is 7.98. The number of fused-ring (bicyclic) bond motifs is 3. The highest BCUT2D eigenvalue weighted by Gasteiger charge is 2.38. The molecule has 12 heteroatoms. The van der Waals surface area contributed by atoms with Crippen molar-refractivity contribution in [1.29, 1.82) is 0 Å². The first-order chi connectivity index (χ1) is 24.1. The number of para-hydroxylation sites is 1. The van der Waals surface area contributed by atoms with Crippen LogP contribution in [0.4, 0.5) is 14.9 Å². The maximum Gasteiger partial charge on any atom is 0.415 e. The molecular formula is C38H38Cl2FN3O6. The molecule has 3 aromatic carbocycles. The summed E-state index contributed by atoms with van der Waals surface area (Å²) in [6.07, 6.45) is 3.28. The molecule has 3 saturated heterocycles. The molecule has 50 heavy (non-hydrogen) atoms. The smallest absolute Gasteiger partial charge is 0.415 e. The number of aromatic nitrogens is 1. The van der Waals surface area contributed by atoms with Crippen molar-refractivity contribution in [1.82, 2.24) is 9.88 Å². The van der Waals surface area contributed by atoms with Gasteiger partial charge in [-0.05, 0) is 97.4 Å². The average Bonchev–Trinajstić information content (AvgIpc) is 3.12. The Morgan fingerprint density at radius 3 is 2.36 bits per heavy atom. The van der Waals surface area contributed by atoms with Crippen LogP contribution < -0.4 is 14.4 Å². The molecule has 1 amide bonds. The Balaban J connectivity index is 1.28. The molecule has 3 aliphatic rings. The number of pyridine rings is 1. The van der Waals surface area contributed by atoms with Crippen molar-refractivity contribution in [2.24, 2.45) is 5.92 Å². The van der Waals surface area contributed by atoms with Gasteiger partial charge in [0.1, 0.15) is 18.0 Å². The van der Waals surface area contributed by atoms with Crippen LogP contribution in [0.3, 0.4) is 0 Å². The van der Waals surface area contributed by atoms with Crippen LogP contribution in [0, 0.1) is 18.7 Å². The number of esters is 1. The second kappa shape index (κ2) is 15.7. The predicted molar refractivity (Wildman–Crippen MR) is 189 cm³/mol. The van der Waals surface area contributed by atoms with Gasteiger partial charge < -0.3 is 18.9 Å². The highest BCUT2D eigenvalue weighted by atomic mass is 35.5. The lowest BCUT2D eigenvalue weighted by Gasteiger charge is -2.44. The number of aryl methyl sites for hydroxylation is 1. The second-order valence-electron chi connectivity index (χ2n) is 12.6. The quantitative estimate of drug-likeness (QED) is 0.143. The van der Waals surface area contributed by atoms with Crippen molar-refractivity contribution >= 4 is 41.0 Å². The molecule has 7 rings (SSSR count). The number of benzene rings is 3. The van der Waals surface area contributed by atoms with Crippen molar-refractivity contribution in [3.05, 3.63) is 117 Å². The molecule has 3 fully saturated rings. The summed E-state index contributed by atoms with van der Waals surface area (Å²) in [4.78, 5) is 35.3. The van der Waals surface area contributed by atoms with E-state index in [0.717, 1.165) is 31.5 Å². The molecule has 1 aromatic heterocycles. The van der Waals surface area contributed by atoms with Crippen LogP contribution in [0.15, 0.2) is 73.1 Å². The summed E-state index contributed by atoms with van der Waals surface area (Å²) in [5.41, 5.74) is 2.85. The van der Waals surface area contributed by atoms with Crippen LogP contribution in [-0.4, -0.2) is 61.9 Å². The van der Waals surface area contributed by atoms with Gasteiger partial charge in [-0.2, -0.15) is 0 Å². The number of hydrogen-bond acceptors (Lipinski definition) is 8. The second-order valence-corrected chi connectivity index (χ2v) is 13.4. The fourth-order valence-electron chi connectivity index (χ4n) is 6.71. The highest BCUT2D eigenvalue weighted by Crippen LogP contribution is 2.36. The molecule has 0 radical (unpaired) electrons. The molecular weight excluding hydrogens is 684 g/mol. The van der Waals surface area contributed by atoms with Crippen molar-refractivity contribution in [2.75, 3.05) is 38.8 Å². The maximum atomic E-state index is 15.2. The Hall–Kier alpha value is -4.38. The number of anilines is 1. The molecule has 4 heterocycles. The topological polar surface area (TPSA) is 90.4 Å². The van der Waals surface area contributed by atoms with Crippen LogP contribution in [-0.2, 0) is 22.4 Å². The summed E-state index contributed by atoms with van der Waals surface area (Å²) in [5, 5.41) is 0.658. The molecule has 0 spiro atoms. The van der Waals surface area contributed by atoms with E-state index in [1.807, 2.05) is 13.0 Å². The zero-order valence-corrected chi connectivity index (χ0v) is 29.5. The van der Waals surface area contributed by atoms with Crippen LogP contribution in [0.2, 0.25) is 10.0 Å². The minimum atomic E-state index is -0.838. The van der Waals surface area contributed by atoms with E-state index in [1.54, 1.807) is 48.5 Å². The van der Waals surface area contributed by atoms with Crippen molar-refractivity contribution in [3.8, 4) is 11.5 Å². The van der Waals surface area contributed by atoms with Crippen molar-refractivity contribution in [3.63, 3.8) is 0 Å². The number of piperidine rings is 3. The Morgan fingerprint density at radius 1 is 0.980 bits per heavy atom. The van der Waals surface area contributed by atoms with Crippen molar-refractivity contribution < 1.29 is 32.9 Å². The van der Waals surface area contributed by atoms with Gasteiger partial charge in [0.15, 0.2) is 11.5 Å². The van der Waals surface area contributed by atoms with Gasteiger partial charge in [-0.3, -0.25) is 14.8 Å². The highest BCUT2D eigenvalue weighted by molar-refractivity contribution is 6.35. The van der Waals surface area contributed by atoms with E-state index in [9.17, 15) is 9.59 Å². The fraction of sp³-hybridized carbons (Fsp3) is 0.342. The molecule has 2 bridgehead atoms. The van der Waals surface area contributed by atoms with Gasteiger partial charge >= 0.3 is 12.1 Å². The van der Waals surface area contributed by atoms with E-state index in [0.29, 0.717) is 44.8 Å². The maximum absolute atomic E-state index is 15.2. The van der Waals surface area contributed by atoms with E-state index in [4.69, 9.17) is 42.1 Å². The molecule has 0 saturated carbocycles. The fourth-order valence-corrected chi connectivity index (χ4v) is 7.23. The Labute approximate surface area is 300 Å². The lowest BCUT2D eigenvalue weighted by molar-refractivity contribution is -0.0311. The van der Waals surface area contributed by atoms with Gasteiger partial charge in [-0.15, -0.1) is 0 Å². The van der Waals surface area contributed by atoms with E-state index >= 15 is 4.39 Å². The first-order valence-electron chi connectivity index (χ1n) is 16.4. The third-order valence-electron chi connectivity index (χ3n) is 9.30. The lowest BCUT2D eigenvalue weighted by atomic mass is 9.86. The van der Waals surface area contributed by atoms with Gasteiger partial charge in [0.2, 0.25) is 0 Å². The Bertz CT molecular complexity index is 1850. The molecule has 0 N–H and O–H groups in total. The minimum absolute atomic E-state index is 0.0375. The number of methoxy groups -OCH3 is 2. The van der Waals surface area contributed by atoms with Crippen LogP contribution in [0.5, 0.6) is 11.5 Å². The Morgan fingerprint density at radius 2 is 1.70 bits per heavy atom. The zero-order chi connectivity index (χ0) is 35.4. The lowest BCUT2D eigenvalue weighted by Crippen LogP contribution is -2.53. The van der Waals surface area contributed by atoms with Gasteiger partial charge in [0, 0.05) is 25.4 Å². The molecule has 262 valence electrons. The predicted octanol–water partition coefficient (Wildman–Crippen LogP) is 8.23. The van der Waals surface area contributed by atoms with Crippen LogP contribution in [0.1, 0.15) is 51.6 Å². The monoisotopic (exact) mass is 721 g/mol. The molecule has 9 nitrogen and oxygen atoms in total. The van der Waals surface area contributed by atoms with Crippen molar-refractivity contribution in [2.45, 2.75) is 44.9 Å². The number of nitrogens with zero attached hydrogens (tertiary/aromatic N) is 3. The zero-order valence-electron chi connectivity index (χ0n) is 28.0. The Kier molecular flexibility index (Phi) is 11.1.